The highest BCUT2D eigenvalue weighted by Crippen LogP contribution is 2.34. The molecule has 0 aliphatic carbocycles. The van der Waals surface area contributed by atoms with Gasteiger partial charge < -0.3 is 4.74 Å². The molecule has 3 aromatic carbocycles. The summed E-state index contributed by atoms with van der Waals surface area (Å²) in [4.78, 5) is 53.4. The van der Waals surface area contributed by atoms with E-state index in [0.29, 0.717) is 16.9 Å². The van der Waals surface area contributed by atoms with Gasteiger partial charge in [0.1, 0.15) is 5.75 Å². The van der Waals surface area contributed by atoms with E-state index in [0.717, 1.165) is 9.80 Å². The van der Waals surface area contributed by atoms with Crippen LogP contribution in [0.5, 0.6) is 5.75 Å². The molecule has 0 spiro atoms. The first kappa shape index (κ1) is 17.8. The van der Waals surface area contributed by atoms with E-state index in [1.165, 1.54) is 19.2 Å². The van der Waals surface area contributed by atoms with E-state index in [9.17, 15) is 19.2 Å². The van der Waals surface area contributed by atoms with Gasteiger partial charge in [0.05, 0.1) is 40.7 Å². The zero-order valence-electron chi connectivity index (χ0n) is 15.8. The second kappa shape index (κ2) is 6.38. The third-order valence-electron chi connectivity index (χ3n) is 5.23. The van der Waals surface area contributed by atoms with Crippen molar-refractivity contribution in [3.05, 3.63) is 89.0 Å². The molecular formula is C23H14N2O5. The SMILES string of the molecule is COc1ccc2c(c1)C(=O)N(c1cccc(N3C(=O)c4ccccc4C3=O)c1)C2=O. The summed E-state index contributed by atoms with van der Waals surface area (Å²) in [5.41, 5.74) is 1.71. The summed E-state index contributed by atoms with van der Waals surface area (Å²) in [5, 5.41) is 0. The lowest BCUT2D eigenvalue weighted by Crippen LogP contribution is -2.31. The first-order chi connectivity index (χ1) is 14.5. The van der Waals surface area contributed by atoms with Crippen LogP contribution in [-0.2, 0) is 0 Å². The number of fused-ring (bicyclic) bond motifs is 2. The number of hydrogen-bond donors (Lipinski definition) is 0. The number of ether oxygens (including phenoxy) is 1. The van der Waals surface area contributed by atoms with Crippen molar-refractivity contribution in [2.45, 2.75) is 0 Å². The summed E-state index contributed by atoms with van der Waals surface area (Å²) in [7, 11) is 1.48. The van der Waals surface area contributed by atoms with Crippen molar-refractivity contribution in [1.29, 1.82) is 0 Å². The maximum absolute atomic E-state index is 12.9. The number of hydrogen-bond acceptors (Lipinski definition) is 5. The smallest absolute Gasteiger partial charge is 0.266 e. The average molecular weight is 398 g/mol. The van der Waals surface area contributed by atoms with Crippen LogP contribution in [0.1, 0.15) is 41.4 Å². The lowest BCUT2D eigenvalue weighted by molar-refractivity contribution is 0.0912. The fraction of sp³-hybridized carbons (Fsp3) is 0.0435. The molecule has 0 atom stereocenters. The fourth-order valence-corrected chi connectivity index (χ4v) is 3.78. The molecule has 4 amide bonds. The van der Waals surface area contributed by atoms with Gasteiger partial charge in [-0.1, -0.05) is 18.2 Å². The summed E-state index contributed by atoms with van der Waals surface area (Å²) in [6.07, 6.45) is 0. The molecule has 0 fully saturated rings. The molecule has 0 saturated carbocycles. The third-order valence-corrected chi connectivity index (χ3v) is 5.23. The highest BCUT2D eigenvalue weighted by Gasteiger charge is 2.39. The number of rotatable bonds is 3. The molecule has 30 heavy (non-hydrogen) atoms. The molecule has 0 radical (unpaired) electrons. The highest BCUT2D eigenvalue weighted by molar-refractivity contribution is 6.36. The molecule has 0 saturated heterocycles. The molecule has 0 unspecified atom stereocenters. The zero-order chi connectivity index (χ0) is 21.0. The average Bonchev–Trinajstić information content (AvgIpc) is 3.18. The lowest BCUT2D eigenvalue weighted by atomic mass is 10.1. The Hall–Kier alpha value is -4.26. The van der Waals surface area contributed by atoms with Crippen molar-refractivity contribution in [3.63, 3.8) is 0 Å². The van der Waals surface area contributed by atoms with Crippen molar-refractivity contribution in [3.8, 4) is 5.75 Å². The summed E-state index contributed by atoms with van der Waals surface area (Å²) in [5.74, 6) is -1.39. The Morgan fingerprint density at radius 2 is 1.07 bits per heavy atom. The van der Waals surface area contributed by atoms with Crippen LogP contribution in [0.25, 0.3) is 0 Å². The Morgan fingerprint density at radius 3 is 1.60 bits per heavy atom. The molecule has 0 aromatic heterocycles. The molecule has 146 valence electrons. The quantitative estimate of drug-likeness (QED) is 0.632. The van der Waals surface area contributed by atoms with Crippen LogP contribution >= 0.6 is 0 Å². The molecule has 5 rings (SSSR count). The molecule has 2 aliphatic heterocycles. The molecule has 2 aliphatic rings. The maximum atomic E-state index is 12.9. The van der Waals surface area contributed by atoms with Gasteiger partial charge in [-0.2, -0.15) is 0 Å². The van der Waals surface area contributed by atoms with Crippen molar-refractivity contribution in [2.75, 3.05) is 16.9 Å². The van der Waals surface area contributed by atoms with Crippen LogP contribution < -0.4 is 14.5 Å². The standard InChI is InChI=1S/C23H14N2O5/c1-30-15-9-10-18-19(12-15)23(29)25(22(18)28)14-6-4-5-13(11-14)24-20(26)16-7-2-3-8-17(16)21(24)27/h2-12H,1H3. The summed E-state index contributed by atoms with van der Waals surface area (Å²) < 4.78 is 5.14. The van der Waals surface area contributed by atoms with Gasteiger partial charge in [-0.25, -0.2) is 9.80 Å². The number of anilines is 2. The number of imide groups is 2. The second-order valence-electron chi connectivity index (χ2n) is 6.87. The first-order valence-corrected chi connectivity index (χ1v) is 9.16. The van der Waals surface area contributed by atoms with E-state index in [1.54, 1.807) is 54.6 Å². The van der Waals surface area contributed by atoms with Crippen LogP contribution in [0.2, 0.25) is 0 Å². The van der Waals surface area contributed by atoms with Crippen molar-refractivity contribution in [2.24, 2.45) is 0 Å². The highest BCUT2D eigenvalue weighted by atomic mass is 16.5. The molecule has 7 heteroatoms. The van der Waals surface area contributed by atoms with Crippen molar-refractivity contribution >= 4 is 35.0 Å². The number of carbonyl (C=O) groups excluding carboxylic acids is 4. The Bertz CT molecular complexity index is 1250. The number of benzene rings is 3. The Kier molecular flexibility index (Phi) is 3.79. The van der Waals surface area contributed by atoms with Gasteiger partial charge in [-0.15, -0.1) is 0 Å². The minimum absolute atomic E-state index is 0.241. The van der Waals surface area contributed by atoms with Crippen molar-refractivity contribution < 1.29 is 23.9 Å². The molecule has 0 bridgehead atoms. The van der Waals surface area contributed by atoms with E-state index < -0.39 is 23.6 Å². The minimum Gasteiger partial charge on any atom is -0.497 e. The van der Waals surface area contributed by atoms with Crippen molar-refractivity contribution in [1.82, 2.24) is 0 Å². The fourth-order valence-electron chi connectivity index (χ4n) is 3.78. The Balaban J connectivity index is 1.54. The van der Waals surface area contributed by atoms with E-state index in [2.05, 4.69) is 0 Å². The van der Waals surface area contributed by atoms with Gasteiger partial charge in [-0.3, -0.25) is 19.2 Å². The van der Waals surface area contributed by atoms with Gasteiger partial charge in [-0.05, 0) is 48.5 Å². The van der Waals surface area contributed by atoms with Gasteiger partial charge in [0.25, 0.3) is 23.6 Å². The predicted octanol–water partition coefficient (Wildman–Crippen LogP) is 3.30. The van der Waals surface area contributed by atoms with Gasteiger partial charge in [0.15, 0.2) is 0 Å². The summed E-state index contributed by atoms with van der Waals surface area (Å²) in [6.45, 7) is 0. The topological polar surface area (TPSA) is 84.0 Å². The Labute approximate surface area is 171 Å². The third kappa shape index (κ3) is 2.39. The van der Waals surface area contributed by atoms with Gasteiger partial charge >= 0.3 is 0 Å². The number of amides is 4. The molecule has 7 nitrogen and oxygen atoms in total. The summed E-state index contributed by atoms with van der Waals surface area (Å²) >= 11 is 0. The maximum Gasteiger partial charge on any atom is 0.266 e. The number of methoxy groups -OCH3 is 1. The monoisotopic (exact) mass is 398 g/mol. The van der Waals surface area contributed by atoms with Crippen LogP contribution in [0.3, 0.4) is 0 Å². The van der Waals surface area contributed by atoms with Crippen LogP contribution in [0, 0.1) is 0 Å². The molecule has 2 heterocycles. The molecule has 0 N–H and O–H groups in total. The minimum atomic E-state index is -0.492. The van der Waals surface area contributed by atoms with E-state index in [4.69, 9.17) is 4.74 Å². The number of nitrogens with zero attached hydrogens (tertiary/aromatic N) is 2. The normalized spacial score (nSPS) is 15.0. The van der Waals surface area contributed by atoms with E-state index in [1.807, 2.05) is 0 Å². The van der Waals surface area contributed by atoms with Crippen LogP contribution in [0.15, 0.2) is 66.7 Å². The zero-order valence-corrected chi connectivity index (χ0v) is 15.8. The van der Waals surface area contributed by atoms with E-state index in [-0.39, 0.29) is 22.5 Å². The Morgan fingerprint density at radius 1 is 0.567 bits per heavy atom. The van der Waals surface area contributed by atoms with Crippen LogP contribution in [0.4, 0.5) is 11.4 Å². The second-order valence-corrected chi connectivity index (χ2v) is 6.87. The van der Waals surface area contributed by atoms with Gasteiger partial charge in [0, 0.05) is 0 Å². The largest absolute Gasteiger partial charge is 0.497 e. The van der Waals surface area contributed by atoms with Crippen LogP contribution in [-0.4, -0.2) is 30.7 Å². The predicted molar refractivity (Wildman–Crippen MR) is 108 cm³/mol. The first-order valence-electron chi connectivity index (χ1n) is 9.16. The summed E-state index contributed by atoms with van der Waals surface area (Å²) in [6, 6.07) is 17.5. The molecular weight excluding hydrogens is 384 g/mol. The van der Waals surface area contributed by atoms with Gasteiger partial charge in [0.2, 0.25) is 0 Å². The number of carbonyl (C=O) groups is 4. The molecule has 3 aromatic rings. The van der Waals surface area contributed by atoms with E-state index >= 15 is 0 Å². The lowest BCUT2D eigenvalue weighted by Gasteiger charge is -2.18.